The van der Waals surface area contributed by atoms with Crippen LogP contribution in [-0.2, 0) is 17.9 Å². The van der Waals surface area contributed by atoms with E-state index < -0.39 is 0 Å². The number of nitrogens with zero attached hydrogens (tertiary/aromatic N) is 3. The van der Waals surface area contributed by atoms with Gasteiger partial charge in [-0.25, -0.2) is 4.98 Å². The average Bonchev–Trinajstić information content (AvgIpc) is 2.68. The first kappa shape index (κ1) is 13.3. The summed E-state index contributed by atoms with van der Waals surface area (Å²) in [6.07, 6.45) is 1.59. The molecule has 0 aliphatic carbocycles. The van der Waals surface area contributed by atoms with E-state index in [2.05, 4.69) is 16.4 Å². The normalized spacial score (nSPS) is 14.2. The third kappa shape index (κ3) is 2.62. The van der Waals surface area contributed by atoms with Gasteiger partial charge in [-0.15, -0.1) is 0 Å². The van der Waals surface area contributed by atoms with Crippen LogP contribution in [0.4, 0.5) is 5.69 Å². The quantitative estimate of drug-likeness (QED) is 0.905. The summed E-state index contributed by atoms with van der Waals surface area (Å²) in [6, 6.07) is 13.5. The maximum atomic E-state index is 12.3. The molecule has 1 aromatic heterocycles. The highest BCUT2D eigenvalue weighted by Crippen LogP contribution is 2.24. The molecule has 1 aliphatic heterocycles. The fourth-order valence-electron chi connectivity index (χ4n) is 2.47. The largest absolute Gasteiger partial charge is 0.306 e. The first-order chi connectivity index (χ1) is 10.3. The molecule has 0 saturated heterocycles. The number of para-hydroxylation sites is 1. The Morgan fingerprint density at radius 2 is 2.10 bits per heavy atom. The van der Waals surface area contributed by atoms with E-state index in [1.54, 1.807) is 17.2 Å². The zero-order valence-electron chi connectivity index (χ0n) is 11.4. The number of carbonyl (C=O) groups excluding carboxylic acids is 1. The molecule has 104 valence electrons. The number of benzene rings is 1. The Morgan fingerprint density at radius 3 is 2.95 bits per heavy atom. The summed E-state index contributed by atoms with van der Waals surface area (Å²) in [5.41, 5.74) is 3.08. The second kappa shape index (κ2) is 5.73. The van der Waals surface area contributed by atoms with Crippen molar-refractivity contribution in [2.45, 2.75) is 13.1 Å². The van der Waals surface area contributed by atoms with E-state index in [1.165, 1.54) is 0 Å². The van der Waals surface area contributed by atoms with E-state index in [0.717, 1.165) is 16.8 Å². The summed E-state index contributed by atoms with van der Waals surface area (Å²) in [5, 5.41) is 12.3. The summed E-state index contributed by atoms with van der Waals surface area (Å²) in [4.78, 5) is 18.1. The van der Waals surface area contributed by atoms with Gasteiger partial charge < -0.3 is 10.2 Å². The number of fused-ring (bicyclic) bond motifs is 1. The molecule has 5 heteroatoms. The number of hydrogen-bond donors (Lipinski definition) is 1. The molecule has 0 radical (unpaired) electrons. The van der Waals surface area contributed by atoms with Gasteiger partial charge in [0.25, 0.3) is 0 Å². The molecule has 1 amide bonds. The maximum Gasteiger partial charge on any atom is 0.241 e. The Morgan fingerprint density at radius 1 is 1.24 bits per heavy atom. The van der Waals surface area contributed by atoms with Crippen LogP contribution in [0, 0.1) is 11.3 Å². The number of rotatable bonds is 2. The lowest BCUT2D eigenvalue weighted by molar-refractivity contribution is -0.117. The van der Waals surface area contributed by atoms with Crippen LogP contribution in [0.25, 0.3) is 0 Å². The fraction of sp³-hybridized carbons (Fsp3) is 0.188. The lowest BCUT2D eigenvalue weighted by Crippen LogP contribution is -2.35. The number of pyridine rings is 1. The summed E-state index contributed by atoms with van der Waals surface area (Å²) < 4.78 is 0. The number of nitriles is 1. The molecule has 1 N–H and O–H groups in total. The molecule has 0 spiro atoms. The summed E-state index contributed by atoms with van der Waals surface area (Å²) in [5.74, 6) is -0.00677. The van der Waals surface area contributed by atoms with Crippen LogP contribution < -0.4 is 10.2 Å². The Bertz CT molecular complexity index is 720. The average molecular weight is 278 g/mol. The van der Waals surface area contributed by atoms with E-state index in [9.17, 15) is 4.79 Å². The minimum atomic E-state index is -0.00677. The minimum Gasteiger partial charge on any atom is -0.306 e. The first-order valence-electron chi connectivity index (χ1n) is 6.72. The zero-order valence-corrected chi connectivity index (χ0v) is 11.4. The van der Waals surface area contributed by atoms with Gasteiger partial charge in [0.15, 0.2) is 0 Å². The Balaban J connectivity index is 2.00. The molecular weight excluding hydrogens is 264 g/mol. The van der Waals surface area contributed by atoms with Crippen molar-refractivity contribution in [2.24, 2.45) is 0 Å². The van der Waals surface area contributed by atoms with E-state index in [4.69, 9.17) is 5.26 Å². The molecule has 5 nitrogen and oxygen atoms in total. The molecule has 0 fully saturated rings. The molecule has 0 bridgehead atoms. The molecular formula is C16H14N4O. The zero-order chi connectivity index (χ0) is 14.7. The maximum absolute atomic E-state index is 12.3. The van der Waals surface area contributed by atoms with Gasteiger partial charge in [-0.05, 0) is 17.7 Å². The summed E-state index contributed by atoms with van der Waals surface area (Å²) >= 11 is 0. The van der Waals surface area contributed by atoms with E-state index >= 15 is 0 Å². The Labute approximate surface area is 122 Å². The third-order valence-electron chi connectivity index (χ3n) is 3.50. The molecule has 1 aliphatic rings. The van der Waals surface area contributed by atoms with Crippen LogP contribution in [0.5, 0.6) is 0 Å². The van der Waals surface area contributed by atoms with Crippen molar-refractivity contribution in [1.82, 2.24) is 10.3 Å². The Hall–Kier alpha value is -2.71. The standard InChI is InChI=1S/C16H14N4O/c17-8-14-13(5-3-7-19-14)11-20-15-6-2-1-4-12(15)9-18-10-16(20)21/h1-7,18H,9-11H2. The number of anilines is 1. The summed E-state index contributed by atoms with van der Waals surface area (Å²) in [7, 11) is 0. The second-order valence-corrected chi connectivity index (χ2v) is 4.84. The number of hydrogen-bond acceptors (Lipinski definition) is 4. The van der Waals surface area contributed by atoms with Crippen molar-refractivity contribution in [3.63, 3.8) is 0 Å². The van der Waals surface area contributed by atoms with Crippen molar-refractivity contribution < 1.29 is 4.79 Å². The van der Waals surface area contributed by atoms with Gasteiger partial charge in [-0.1, -0.05) is 24.3 Å². The number of aromatic nitrogens is 1. The predicted molar refractivity (Wildman–Crippen MR) is 78.3 cm³/mol. The summed E-state index contributed by atoms with van der Waals surface area (Å²) in [6.45, 7) is 1.31. The first-order valence-corrected chi connectivity index (χ1v) is 6.72. The molecule has 3 rings (SSSR count). The van der Waals surface area contributed by atoms with E-state index in [1.807, 2.05) is 30.3 Å². The number of carbonyl (C=O) groups is 1. The molecule has 0 saturated carbocycles. The fourth-order valence-corrected chi connectivity index (χ4v) is 2.47. The van der Waals surface area contributed by atoms with Crippen LogP contribution >= 0.6 is 0 Å². The monoisotopic (exact) mass is 278 g/mol. The number of amides is 1. The SMILES string of the molecule is N#Cc1ncccc1CN1C(=O)CNCc2ccccc21. The Kier molecular flexibility index (Phi) is 3.63. The van der Waals surface area contributed by atoms with Crippen LogP contribution in [0.3, 0.4) is 0 Å². The molecule has 1 aromatic carbocycles. The van der Waals surface area contributed by atoms with E-state index in [-0.39, 0.29) is 12.5 Å². The highest BCUT2D eigenvalue weighted by molar-refractivity contribution is 5.96. The molecule has 2 heterocycles. The van der Waals surface area contributed by atoms with E-state index in [0.29, 0.717) is 18.8 Å². The lowest BCUT2D eigenvalue weighted by Gasteiger charge is -2.23. The van der Waals surface area contributed by atoms with Crippen molar-refractivity contribution in [1.29, 1.82) is 5.26 Å². The lowest BCUT2D eigenvalue weighted by atomic mass is 10.1. The molecule has 2 aromatic rings. The highest BCUT2D eigenvalue weighted by Gasteiger charge is 2.22. The van der Waals surface area contributed by atoms with Crippen molar-refractivity contribution in [2.75, 3.05) is 11.4 Å². The predicted octanol–water partition coefficient (Wildman–Crippen LogP) is 1.59. The van der Waals surface area contributed by atoms with Crippen molar-refractivity contribution >= 4 is 11.6 Å². The van der Waals surface area contributed by atoms with Gasteiger partial charge in [0.2, 0.25) is 5.91 Å². The van der Waals surface area contributed by atoms with Gasteiger partial charge in [-0.3, -0.25) is 4.79 Å². The smallest absolute Gasteiger partial charge is 0.241 e. The van der Waals surface area contributed by atoms with Gasteiger partial charge >= 0.3 is 0 Å². The van der Waals surface area contributed by atoms with Crippen LogP contribution in [0.2, 0.25) is 0 Å². The van der Waals surface area contributed by atoms with Crippen molar-refractivity contribution in [3.05, 3.63) is 59.4 Å². The minimum absolute atomic E-state index is 0.00677. The molecule has 0 unspecified atom stereocenters. The van der Waals surface area contributed by atoms with Gasteiger partial charge in [0.1, 0.15) is 11.8 Å². The van der Waals surface area contributed by atoms with Gasteiger partial charge in [0.05, 0.1) is 13.1 Å². The highest BCUT2D eigenvalue weighted by atomic mass is 16.2. The number of nitrogens with one attached hydrogen (secondary N) is 1. The second-order valence-electron chi connectivity index (χ2n) is 4.84. The van der Waals surface area contributed by atoms with Crippen LogP contribution in [0.1, 0.15) is 16.8 Å². The molecule has 0 atom stereocenters. The van der Waals surface area contributed by atoms with Gasteiger partial charge in [-0.2, -0.15) is 5.26 Å². The van der Waals surface area contributed by atoms with Crippen LogP contribution in [-0.4, -0.2) is 17.4 Å². The molecule has 21 heavy (non-hydrogen) atoms. The van der Waals surface area contributed by atoms with Gasteiger partial charge in [0, 0.05) is 24.0 Å². The third-order valence-corrected chi connectivity index (χ3v) is 3.50. The topological polar surface area (TPSA) is 69.0 Å². The van der Waals surface area contributed by atoms with Crippen molar-refractivity contribution in [3.8, 4) is 6.07 Å². The van der Waals surface area contributed by atoms with Crippen LogP contribution in [0.15, 0.2) is 42.6 Å².